The van der Waals surface area contributed by atoms with Crippen molar-refractivity contribution in [3.8, 4) is 11.1 Å². The molecule has 0 aromatic heterocycles. The van der Waals surface area contributed by atoms with Gasteiger partial charge in [0.1, 0.15) is 12.6 Å². The molecule has 7 nitrogen and oxygen atoms in total. The van der Waals surface area contributed by atoms with Crippen molar-refractivity contribution in [3.63, 3.8) is 0 Å². The summed E-state index contributed by atoms with van der Waals surface area (Å²) >= 11 is 0. The van der Waals surface area contributed by atoms with Gasteiger partial charge in [0.05, 0.1) is 0 Å². The van der Waals surface area contributed by atoms with Gasteiger partial charge in [-0.2, -0.15) is 0 Å². The van der Waals surface area contributed by atoms with Crippen LogP contribution in [0.1, 0.15) is 29.5 Å². The number of carbonyl (C=O) groups is 3. The quantitative estimate of drug-likeness (QED) is 0.474. The van der Waals surface area contributed by atoms with Crippen LogP contribution >= 0.6 is 0 Å². The summed E-state index contributed by atoms with van der Waals surface area (Å²) in [7, 11) is 1.43. The van der Waals surface area contributed by atoms with Crippen molar-refractivity contribution < 1.29 is 24.2 Å². The zero-order valence-electron chi connectivity index (χ0n) is 19.5. The average molecular weight is 471 g/mol. The first-order valence-corrected chi connectivity index (χ1v) is 11.2. The second-order valence-electron chi connectivity index (χ2n) is 8.37. The first-order valence-electron chi connectivity index (χ1n) is 11.2. The molecular weight excluding hydrogens is 444 g/mol. The normalized spacial score (nSPS) is 13.1. The number of benzene rings is 3. The molecule has 4 rings (SSSR count). The highest BCUT2D eigenvalue weighted by Gasteiger charge is 2.29. The number of nitrogens with one attached hydrogen (secondary N) is 1. The average Bonchev–Trinajstić information content (AvgIpc) is 3.19. The number of anilines is 1. The SMILES string of the molecule is C[C@@H](C(=O)O)N(C)C(=O)/C=C/c1cccc(NC(=O)OCC2c3ccccc3-c3ccccc32)c1. The molecule has 35 heavy (non-hydrogen) atoms. The van der Waals surface area contributed by atoms with Crippen molar-refractivity contribution in [2.45, 2.75) is 18.9 Å². The molecule has 1 aliphatic rings. The Labute approximate surface area is 203 Å². The predicted molar refractivity (Wildman–Crippen MR) is 134 cm³/mol. The molecule has 2 amide bonds. The van der Waals surface area contributed by atoms with Crippen LogP contribution < -0.4 is 5.32 Å². The van der Waals surface area contributed by atoms with E-state index in [0.29, 0.717) is 11.3 Å². The van der Waals surface area contributed by atoms with Gasteiger partial charge in [0.2, 0.25) is 5.91 Å². The van der Waals surface area contributed by atoms with E-state index in [1.807, 2.05) is 24.3 Å². The third kappa shape index (κ3) is 5.24. The van der Waals surface area contributed by atoms with E-state index in [2.05, 4.69) is 29.6 Å². The number of nitrogens with zero attached hydrogens (tertiary/aromatic N) is 1. The van der Waals surface area contributed by atoms with Crippen LogP contribution in [-0.4, -0.2) is 47.7 Å². The molecule has 1 aliphatic carbocycles. The summed E-state index contributed by atoms with van der Waals surface area (Å²) in [5.74, 6) is -1.54. The largest absolute Gasteiger partial charge is 0.480 e. The number of ether oxygens (including phenoxy) is 1. The first-order chi connectivity index (χ1) is 16.8. The van der Waals surface area contributed by atoms with Crippen molar-refractivity contribution >= 4 is 29.7 Å². The van der Waals surface area contributed by atoms with Crippen molar-refractivity contribution in [3.05, 3.63) is 95.6 Å². The first kappa shape index (κ1) is 23.8. The van der Waals surface area contributed by atoms with Crippen LogP contribution in [0.2, 0.25) is 0 Å². The van der Waals surface area contributed by atoms with Crippen molar-refractivity contribution in [2.24, 2.45) is 0 Å². The van der Waals surface area contributed by atoms with Gasteiger partial charge in [0, 0.05) is 24.7 Å². The molecule has 0 bridgehead atoms. The molecule has 0 aliphatic heterocycles. The lowest BCUT2D eigenvalue weighted by molar-refractivity contribution is -0.146. The summed E-state index contributed by atoms with van der Waals surface area (Å²) in [4.78, 5) is 36.9. The van der Waals surface area contributed by atoms with Crippen molar-refractivity contribution in [2.75, 3.05) is 19.0 Å². The number of hydrogen-bond acceptors (Lipinski definition) is 4. The zero-order valence-corrected chi connectivity index (χ0v) is 19.5. The fourth-order valence-corrected chi connectivity index (χ4v) is 4.11. The molecule has 3 aromatic carbocycles. The van der Waals surface area contributed by atoms with Gasteiger partial charge in [-0.05, 0) is 52.9 Å². The van der Waals surface area contributed by atoms with Gasteiger partial charge in [0.15, 0.2) is 0 Å². The lowest BCUT2D eigenvalue weighted by atomic mass is 9.98. The monoisotopic (exact) mass is 470 g/mol. The lowest BCUT2D eigenvalue weighted by Gasteiger charge is -2.19. The highest BCUT2D eigenvalue weighted by atomic mass is 16.5. The van der Waals surface area contributed by atoms with Gasteiger partial charge in [-0.1, -0.05) is 60.7 Å². The Morgan fingerprint density at radius 1 is 1.00 bits per heavy atom. The van der Waals surface area contributed by atoms with Crippen LogP contribution in [-0.2, 0) is 14.3 Å². The number of rotatable bonds is 7. The Morgan fingerprint density at radius 2 is 1.63 bits per heavy atom. The molecule has 2 N–H and O–H groups in total. The van der Waals surface area contributed by atoms with E-state index in [0.717, 1.165) is 27.2 Å². The van der Waals surface area contributed by atoms with Crippen LogP contribution in [0.3, 0.4) is 0 Å². The summed E-state index contributed by atoms with van der Waals surface area (Å²) < 4.78 is 5.58. The maximum Gasteiger partial charge on any atom is 0.411 e. The lowest BCUT2D eigenvalue weighted by Crippen LogP contribution is -2.39. The molecular formula is C28H26N2O5. The highest BCUT2D eigenvalue weighted by Crippen LogP contribution is 2.44. The fraction of sp³-hybridized carbons (Fsp3) is 0.179. The molecule has 0 radical (unpaired) electrons. The molecule has 0 fully saturated rings. The Hall–Kier alpha value is -4.39. The maximum absolute atomic E-state index is 12.5. The van der Waals surface area contributed by atoms with Gasteiger partial charge in [-0.25, -0.2) is 9.59 Å². The standard InChI is InChI=1S/C28H26N2O5/c1-18(27(32)33)30(2)26(31)15-14-19-8-7-9-20(16-19)29-28(34)35-17-25-23-12-5-3-10-21(23)22-11-4-6-13-24(22)25/h3-16,18,25H,17H2,1-2H3,(H,29,34)(H,32,33)/b15-14+/t18-/m0/s1. The topological polar surface area (TPSA) is 95.9 Å². The number of aliphatic carboxylic acids is 1. The summed E-state index contributed by atoms with van der Waals surface area (Å²) in [6.45, 7) is 1.65. The molecule has 0 spiro atoms. The van der Waals surface area contributed by atoms with E-state index in [-0.39, 0.29) is 12.5 Å². The van der Waals surface area contributed by atoms with E-state index in [4.69, 9.17) is 9.84 Å². The molecule has 0 saturated carbocycles. The molecule has 0 saturated heterocycles. The third-order valence-electron chi connectivity index (χ3n) is 6.18. The molecule has 3 aromatic rings. The number of carboxylic acids is 1. The van der Waals surface area contributed by atoms with Crippen LogP contribution in [0.4, 0.5) is 10.5 Å². The maximum atomic E-state index is 12.5. The number of carboxylic acid groups (broad SMARTS) is 1. The van der Waals surface area contributed by atoms with Crippen molar-refractivity contribution in [1.29, 1.82) is 0 Å². The Morgan fingerprint density at radius 3 is 2.26 bits per heavy atom. The van der Waals surface area contributed by atoms with Crippen LogP contribution in [0.15, 0.2) is 78.9 Å². The second-order valence-corrected chi connectivity index (χ2v) is 8.37. The van der Waals surface area contributed by atoms with E-state index >= 15 is 0 Å². The van der Waals surface area contributed by atoms with Crippen LogP contribution in [0, 0.1) is 0 Å². The molecule has 0 unspecified atom stereocenters. The highest BCUT2D eigenvalue weighted by molar-refractivity contribution is 5.94. The minimum atomic E-state index is -1.08. The molecule has 178 valence electrons. The van der Waals surface area contributed by atoms with E-state index in [1.165, 1.54) is 20.0 Å². The van der Waals surface area contributed by atoms with Gasteiger partial charge < -0.3 is 14.7 Å². The minimum Gasteiger partial charge on any atom is -0.480 e. The Kier molecular flexibility index (Phi) is 6.96. The second kappa shape index (κ2) is 10.3. The molecule has 7 heteroatoms. The number of amides is 2. The number of likely N-dealkylation sites (N-methyl/N-ethyl adjacent to an activating group) is 1. The van der Waals surface area contributed by atoms with Gasteiger partial charge >= 0.3 is 12.1 Å². The van der Waals surface area contributed by atoms with Gasteiger partial charge in [-0.3, -0.25) is 10.1 Å². The van der Waals surface area contributed by atoms with Gasteiger partial charge in [-0.15, -0.1) is 0 Å². The summed E-state index contributed by atoms with van der Waals surface area (Å²) in [5.41, 5.74) is 5.79. The summed E-state index contributed by atoms with van der Waals surface area (Å²) in [6, 6.07) is 22.3. The number of fused-ring (bicyclic) bond motifs is 3. The smallest absolute Gasteiger partial charge is 0.411 e. The number of carbonyl (C=O) groups excluding carboxylic acids is 2. The van der Waals surface area contributed by atoms with E-state index < -0.39 is 24.0 Å². The summed E-state index contributed by atoms with van der Waals surface area (Å²) in [5, 5.41) is 11.8. The number of hydrogen-bond donors (Lipinski definition) is 2. The fourth-order valence-electron chi connectivity index (χ4n) is 4.11. The Bertz CT molecular complexity index is 1250. The third-order valence-corrected chi connectivity index (χ3v) is 6.18. The minimum absolute atomic E-state index is 0.0291. The van der Waals surface area contributed by atoms with E-state index in [9.17, 15) is 14.4 Å². The van der Waals surface area contributed by atoms with Crippen LogP contribution in [0.5, 0.6) is 0 Å². The zero-order chi connectivity index (χ0) is 24.9. The van der Waals surface area contributed by atoms with E-state index in [1.54, 1.807) is 30.3 Å². The molecule has 0 heterocycles. The van der Waals surface area contributed by atoms with Crippen LogP contribution in [0.25, 0.3) is 17.2 Å². The summed E-state index contributed by atoms with van der Waals surface area (Å²) in [6.07, 6.45) is 2.29. The Balaban J connectivity index is 1.38. The predicted octanol–water partition coefficient (Wildman–Crippen LogP) is 4.99. The molecule has 1 atom stereocenters. The van der Waals surface area contributed by atoms with Gasteiger partial charge in [0.25, 0.3) is 0 Å². The van der Waals surface area contributed by atoms with Crippen molar-refractivity contribution in [1.82, 2.24) is 4.90 Å².